The molecule has 1 heteroatoms. The van der Waals surface area contributed by atoms with Crippen molar-refractivity contribution in [3.05, 3.63) is 24.3 Å². The molecule has 66 valence electrons. The van der Waals surface area contributed by atoms with Crippen LogP contribution in [0.15, 0.2) is 24.3 Å². The molecular weight excluding hydrogens is 148 g/mol. The highest BCUT2D eigenvalue weighted by molar-refractivity contribution is 5.99. The highest BCUT2D eigenvalue weighted by Gasteiger charge is 1.92. The van der Waals surface area contributed by atoms with Gasteiger partial charge in [0.2, 0.25) is 0 Å². The predicted molar refractivity (Wildman–Crippen MR) is 51.0 cm³/mol. The lowest BCUT2D eigenvalue weighted by Gasteiger charge is -1.94. The smallest absolute Gasteiger partial charge is 0.177 e. The Hall–Kier alpha value is -0.850. The molecule has 0 heterocycles. The fourth-order valence-corrected chi connectivity index (χ4v) is 1.33. The van der Waals surface area contributed by atoms with E-state index in [1.165, 1.54) is 25.7 Å². The summed E-state index contributed by atoms with van der Waals surface area (Å²) in [5.41, 5.74) is 0. The van der Waals surface area contributed by atoms with Crippen LogP contribution in [0, 0.1) is 0 Å². The summed E-state index contributed by atoms with van der Waals surface area (Å²) in [5, 5.41) is 0. The largest absolute Gasteiger partial charge is 0.290 e. The molecule has 0 spiro atoms. The van der Waals surface area contributed by atoms with Crippen molar-refractivity contribution in [1.82, 2.24) is 0 Å². The van der Waals surface area contributed by atoms with Gasteiger partial charge in [0, 0.05) is 0 Å². The molecule has 0 unspecified atom stereocenters. The first-order valence-electron chi connectivity index (χ1n) is 4.76. The van der Waals surface area contributed by atoms with Crippen molar-refractivity contribution in [2.24, 2.45) is 0 Å². The molecule has 0 atom stereocenters. The quantitative estimate of drug-likeness (QED) is 0.538. The molecule has 0 aliphatic heterocycles. The lowest BCUT2D eigenvalue weighted by atomic mass is 10.1. The van der Waals surface area contributed by atoms with Gasteiger partial charge in [0.05, 0.1) is 0 Å². The summed E-state index contributed by atoms with van der Waals surface area (Å²) in [6.07, 6.45) is 14.5. The number of hydrogen-bond donors (Lipinski definition) is 0. The Balaban J connectivity index is 2.41. The Kier molecular flexibility index (Phi) is 4.43. The minimum Gasteiger partial charge on any atom is -0.290 e. The fourth-order valence-electron chi connectivity index (χ4n) is 1.33. The van der Waals surface area contributed by atoms with Gasteiger partial charge in [-0.15, -0.1) is 0 Å². The van der Waals surface area contributed by atoms with Crippen molar-refractivity contribution >= 4 is 5.78 Å². The van der Waals surface area contributed by atoms with Gasteiger partial charge in [-0.1, -0.05) is 25.0 Å². The van der Waals surface area contributed by atoms with Gasteiger partial charge < -0.3 is 0 Å². The molecule has 0 aromatic heterocycles. The van der Waals surface area contributed by atoms with Crippen LogP contribution in [-0.2, 0) is 4.79 Å². The minimum absolute atomic E-state index is 0.136. The first-order chi connectivity index (χ1) is 5.89. The van der Waals surface area contributed by atoms with Crippen LogP contribution in [0.2, 0.25) is 0 Å². The van der Waals surface area contributed by atoms with Crippen molar-refractivity contribution in [3.63, 3.8) is 0 Å². The lowest BCUT2D eigenvalue weighted by molar-refractivity contribution is -0.110. The Morgan fingerprint density at radius 1 is 0.833 bits per heavy atom. The highest BCUT2D eigenvalue weighted by Crippen LogP contribution is 2.07. The second-order valence-electron chi connectivity index (χ2n) is 3.20. The molecule has 0 saturated heterocycles. The summed E-state index contributed by atoms with van der Waals surface area (Å²) in [5.74, 6) is 0.136. The molecule has 0 aromatic carbocycles. The molecular formula is C11H16O. The van der Waals surface area contributed by atoms with Crippen LogP contribution in [0.1, 0.15) is 38.5 Å². The zero-order valence-electron chi connectivity index (χ0n) is 7.46. The van der Waals surface area contributed by atoms with E-state index in [1.807, 2.05) is 12.2 Å². The van der Waals surface area contributed by atoms with Crippen molar-refractivity contribution in [3.8, 4) is 0 Å². The van der Waals surface area contributed by atoms with Gasteiger partial charge in [-0.3, -0.25) is 4.79 Å². The predicted octanol–water partition coefficient (Wildman–Crippen LogP) is 3.02. The maximum atomic E-state index is 11.0. The molecule has 1 rings (SSSR count). The normalized spacial score (nSPS) is 23.2. The fraction of sp³-hybridized carbons (Fsp3) is 0.545. The summed E-state index contributed by atoms with van der Waals surface area (Å²) in [7, 11) is 0. The van der Waals surface area contributed by atoms with Crippen LogP contribution in [0.4, 0.5) is 0 Å². The molecule has 12 heavy (non-hydrogen) atoms. The summed E-state index contributed by atoms with van der Waals surface area (Å²) < 4.78 is 0. The van der Waals surface area contributed by atoms with E-state index in [-0.39, 0.29) is 5.78 Å². The Labute approximate surface area is 74.2 Å². The number of allylic oxidation sites excluding steroid dienone is 4. The third kappa shape index (κ3) is 4.12. The van der Waals surface area contributed by atoms with E-state index >= 15 is 0 Å². The molecule has 0 saturated carbocycles. The Morgan fingerprint density at radius 3 is 1.83 bits per heavy atom. The molecule has 0 fully saturated rings. The number of hydrogen-bond acceptors (Lipinski definition) is 1. The van der Waals surface area contributed by atoms with Gasteiger partial charge in [0.25, 0.3) is 0 Å². The lowest BCUT2D eigenvalue weighted by Crippen LogP contribution is -1.83. The summed E-state index contributed by atoms with van der Waals surface area (Å²) in [6, 6.07) is 0. The molecule has 1 nitrogen and oxygen atoms in total. The van der Waals surface area contributed by atoms with Gasteiger partial charge in [0.15, 0.2) is 5.78 Å². The van der Waals surface area contributed by atoms with E-state index in [2.05, 4.69) is 0 Å². The first-order valence-corrected chi connectivity index (χ1v) is 4.76. The van der Waals surface area contributed by atoms with E-state index in [0.717, 1.165) is 12.8 Å². The third-order valence-corrected chi connectivity index (χ3v) is 2.06. The van der Waals surface area contributed by atoms with Crippen molar-refractivity contribution in [2.75, 3.05) is 0 Å². The number of carbonyl (C=O) groups is 1. The van der Waals surface area contributed by atoms with E-state index in [1.54, 1.807) is 12.2 Å². The highest BCUT2D eigenvalue weighted by atomic mass is 16.1. The van der Waals surface area contributed by atoms with Crippen LogP contribution in [0.5, 0.6) is 0 Å². The topological polar surface area (TPSA) is 17.1 Å². The average molecular weight is 164 g/mol. The van der Waals surface area contributed by atoms with Gasteiger partial charge in [-0.25, -0.2) is 0 Å². The van der Waals surface area contributed by atoms with Crippen molar-refractivity contribution < 1.29 is 4.79 Å². The molecule has 0 aromatic rings. The van der Waals surface area contributed by atoms with Crippen molar-refractivity contribution in [1.29, 1.82) is 0 Å². The second-order valence-corrected chi connectivity index (χ2v) is 3.20. The summed E-state index contributed by atoms with van der Waals surface area (Å²) in [6.45, 7) is 0. The standard InChI is InChI=1S/C11H16O/c12-11-9-7-5-3-1-2-4-6-8-10-11/h7-10H,1-6H2/b9-7-,10-8?. The van der Waals surface area contributed by atoms with E-state index in [9.17, 15) is 4.79 Å². The van der Waals surface area contributed by atoms with E-state index < -0.39 is 0 Å². The molecule has 0 amide bonds. The molecule has 0 bridgehead atoms. The van der Waals surface area contributed by atoms with Crippen LogP contribution >= 0.6 is 0 Å². The summed E-state index contributed by atoms with van der Waals surface area (Å²) >= 11 is 0. The first kappa shape index (κ1) is 9.24. The van der Waals surface area contributed by atoms with Crippen LogP contribution in [-0.4, -0.2) is 5.78 Å². The SMILES string of the molecule is O=C1C=CCCCCCC/C=C\1. The van der Waals surface area contributed by atoms with E-state index in [0.29, 0.717) is 0 Å². The second kappa shape index (κ2) is 5.76. The van der Waals surface area contributed by atoms with Crippen LogP contribution in [0.25, 0.3) is 0 Å². The molecule has 0 N–H and O–H groups in total. The molecule has 1 aliphatic carbocycles. The zero-order chi connectivity index (χ0) is 8.65. The zero-order valence-corrected chi connectivity index (χ0v) is 7.46. The number of ketones is 1. The minimum atomic E-state index is 0.136. The maximum Gasteiger partial charge on any atom is 0.177 e. The molecule has 0 radical (unpaired) electrons. The van der Waals surface area contributed by atoms with Crippen molar-refractivity contribution in [2.45, 2.75) is 38.5 Å². The molecule has 1 aliphatic rings. The summed E-state index contributed by atoms with van der Waals surface area (Å²) in [4.78, 5) is 11.0. The Morgan fingerprint density at radius 2 is 1.33 bits per heavy atom. The van der Waals surface area contributed by atoms with Gasteiger partial charge in [-0.05, 0) is 37.8 Å². The number of carbonyl (C=O) groups excluding carboxylic acids is 1. The van der Waals surface area contributed by atoms with Gasteiger partial charge in [0.1, 0.15) is 0 Å². The third-order valence-electron chi connectivity index (χ3n) is 2.06. The number of rotatable bonds is 0. The van der Waals surface area contributed by atoms with Gasteiger partial charge in [-0.2, -0.15) is 0 Å². The van der Waals surface area contributed by atoms with Gasteiger partial charge >= 0.3 is 0 Å². The van der Waals surface area contributed by atoms with Crippen LogP contribution in [0.3, 0.4) is 0 Å². The van der Waals surface area contributed by atoms with E-state index in [4.69, 9.17) is 0 Å². The van der Waals surface area contributed by atoms with Crippen LogP contribution < -0.4 is 0 Å². The average Bonchev–Trinajstić information content (AvgIpc) is 2.11. The monoisotopic (exact) mass is 164 g/mol. The maximum absolute atomic E-state index is 11.0. The Bertz CT molecular complexity index is 169.